The van der Waals surface area contributed by atoms with Gasteiger partial charge < -0.3 is 14.6 Å². The third-order valence-corrected chi connectivity index (χ3v) is 2.80. The Morgan fingerprint density at radius 1 is 0.789 bits per heavy atom. The van der Waals surface area contributed by atoms with Crippen LogP contribution in [0.1, 0.15) is 73.8 Å². The second-order valence-corrected chi connectivity index (χ2v) is 6.62. The lowest BCUT2D eigenvalue weighted by Gasteiger charge is -2.26. The third kappa shape index (κ3) is 2.80. The summed E-state index contributed by atoms with van der Waals surface area (Å²) in [6, 6.07) is 0. The van der Waals surface area contributed by atoms with Crippen LogP contribution in [0.25, 0.3) is 0 Å². The number of hydrogen-bond donors (Lipinski definition) is 2. The highest BCUT2D eigenvalue weighted by Crippen LogP contribution is 2.40. The Morgan fingerprint density at radius 3 is 1.21 bits per heavy atom. The van der Waals surface area contributed by atoms with Gasteiger partial charge in [-0.2, -0.15) is 0 Å². The lowest BCUT2D eigenvalue weighted by molar-refractivity contribution is 0.0628. The highest BCUT2D eigenvalue weighted by atomic mass is 16.4. The summed E-state index contributed by atoms with van der Waals surface area (Å²) >= 11 is 0. The normalized spacial score (nSPS) is 12.5. The fourth-order valence-electron chi connectivity index (χ4n) is 2.16. The van der Waals surface area contributed by atoms with Crippen LogP contribution < -0.4 is 0 Å². The van der Waals surface area contributed by atoms with Crippen molar-refractivity contribution in [2.24, 2.45) is 0 Å². The summed E-state index contributed by atoms with van der Waals surface area (Å²) in [6.07, 6.45) is 0. The maximum Gasteiger partial charge on any atom is 0.372 e. The van der Waals surface area contributed by atoms with E-state index < -0.39 is 22.8 Å². The number of carboxylic acids is 2. The van der Waals surface area contributed by atoms with Gasteiger partial charge in [0.15, 0.2) is 0 Å². The number of carboxylic acid groups (broad SMARTS) is 2. The van der Waals surface area contributed by atoms with Crippen molar-refractivity contribution in [3.63, 3.8) is 0 Å². The van der Waals surface area contributed by atoms with Crippen molar-refractivity contribution in [3.8, 4) is 0 Å². The third-order valence-electron chi connectivity index (χ3n) is 2.80. The maximum absolute atomic E-state index is 11.3. The van der Waals surface area contributed by atoms with Crippen LogP contribution in [0, 0.1) is 0 Å². The zero-order chi connectivity index (χ0) is 15.2. The first-order chi connectivity index (χ1) is 8.37. The first-order valence-electron chi connectivity index (χ1n) is 6.01. The highest BCUT2D eigenvalue weighted by molar-refractivity contribution is 5.93. The second-order valence-electron chi connectivity index (χ2n) is 6.62. The van der Waals surface area contributed by atoms with Crippen LogP contribution in [0.3, 0.4) is 0 Å². The molecule has 1 aromatic heterocycles. The monoisotopic (exact) mass is 268 g/mol. The van der Waals surface area contributed by atoms with Crippen LogP contribution in [-0.2, 0) is 10.8 Å². The Hall–Kier alpha value is -1.78. The van der Waals surface area contributed by atoms with Crippen LogP contribution in [0.5, 0.6) is 0 Å². The zero-order valence-corrected chi connectivity index (χ0v) is 12.1. The fourth-order valence-corrected chi connectivity index (χ4v) is 2.16. The number of hydrogen-bond acceptors (Lipinski definition) is 3. The average molecular weight is 268 g/mol. The van der Waals surface area contributed by atoms with Gasteiger partial charge in [-0.3, -0.25) is 0 Å². The Balaban J connectivity index is 3.84. The second kappa shape index (κ2) is 4.40. The van der Waals surface area contributed by atoms with Crippen molar-refractivity contribution in [2.75, 3.05) is 0 Å². The van der Waals surface area contributed by atoms with Gasteiger partial charge in [0.1, 0.15) is 0 Å². The predicted molar refractivity (Wildman–Crippen MR) is 70.0 cm³/mol. The van der Waals surface area contributed by atoms with Gasteiger partial charge in [-0.05, 0) is 10.8 Å². The number of furan rings is 1. The van der Waals surface area contributed by atoms with E-state index in [0.29, 0.717) is 11.1 Å². The molecule has 5 heteroatoms. The minimum absolute atomic E-state index is 0.283. The first-order valence-corrected chi connectivity index (χ1v) is 6.01. The van der Waals surface area contributed by atoms with Gasteiger partial charge in [0, 0.05) is 11.1 Å². The van der Waals surface area contributed by atoms with Crippen molar-refractivity contribution >= 4 is 11.9 Å². The number of rotatable bonds is 2. The SMILES string of the molecule is CC(C)(C)c1c(C(=O)O)oc(C(=O)O)c1C(C)(C)C. The summed E-state index contributed by atoms with van der Waals surface area (Å²) in [5.74, 6) is -3.06. The van der Waals surface area contributed by atoms with Crippen molar-refractivity contribution < 1.29 is 24.2 Å². The summed E-state index contributed by atoms with van der Waals surface area (Å²) in [7, 11) is 0. The van der Waals surface area contributed by atoms with Gasteiger partial charge in [-0.15, -0.1) is 0 Å². The summed E-state index contributed by atoms with van der Waals surface area (Å²) < 4.78 is 5.12. The average Bonchev–Trinajstić information content (AvgIpc) is 2.55. The summed E-state index contributed by atoms with van der Waals surface area (Å²) in [5, 5.41) is 18.5. The molecule has 0 saturated heterocycles. The standard InChI is InChI=1S/C14H20O5/c1-13(2,3)7-8(14(4,5)6)10(12(17)18)19-9(7)11(15)16/h1-6H3,(H,15,16)(H,17,18). The Bertz CT molecular complexity index is 477. The fraction of sp³-hybridized carbons (Fsp3) is 0.571. The Labute approximate surface area is 112 Å². The molecule has 1 heterocycles. The molecule has 0 aliphatic heterocycles. The minimum atomic E-state index is -1.25. The largest absolute Gasteiger partial charge is 0.475 e. The molecule has 0 spiro atoms. The predicted octanol–water partition coefficient (Wildman–Crippen LogP) is 3.27. The van der Waals surface area contributed by atoms with Crippen molar-refractivity contribution in [3.05, 3.63) is 22.6 Å². The van der Waals surface area contributed by atoms with E-state index in [2.05, 4.69) is 0 Å². The summed E-state index contributed by atoms with van der Waals surface area (Å²) in [4.78, 5) is 22.6. The van der Waals surface area contributed by atoms with Crippen LogP contribution in [0.15, 0.2) is 4.42 Å². The van der Waals surface area contributed by atoms with Crippen molar-refractivity contribution in [1.29, 1.82) is 0 Å². The maximum atomic E-state index is 11.3. The molecular formula is C14H20O5. The van der Waals surface area contributed by atoms with E-state index in [0.717, 1.165) is 0 Å². The molecule has 0 unspecified atom stereocenters. The van der Waals surface area contributed by atoms with E-state index >= 15 is 0 Å². The van der Waals surface area contributed by atoms with Crippen LogP contribution in [0.4, 0.5) is 0 Å². The van der Waals surface area contributed by atoms with Gasteiger partial charge in [0.2, 0.25) is 11.5 Å². The zero-order valence-electron chi connectivity index (χ0n) is 12.1. The van der Waals surface area contributed by atoms with Gasteiger partial charge in [-0.1, -0.05) is 41.5 Å². The minimum Gasteiger partial charge on any atom is -0.475 e. The van der Waals surface area contributed by atoms with E-state index in [9.17, 15) is 19.8 Å². The van der Waals surface area contributed by atoms with E-state index in [1.165, 1.54) is 0 Å². The molecule has 0 fully saturated rings. The molecule has 0 bridgehead atoms. The molecular weight excluding hydrogens is 248 g/mol. The van der Waals surface area contributed by atoms with Crippen LogP contribution in [-0.4, -0.2) is 22.2 Å². The molecule has 0 atom stereocenters. The number of carbonyl (C=O) groups is 2. The van der Waals surface area contributed by atoms with E-state index in [1.54, 1.807) is 0 Å². The van der Waals surface area contributed by atoms with Crippen LogP contribution in [0.2, 0.25) is 0 Å². The lowest BCUT2D eigenvalue weighted by atomic mass is 9.75. The molecule has 0 saturated carbocycles. The first kappa shape index (κ1) is 15.3. The van der Waals surface area contributed by atoms with Gasteiger partial charge in [-0.25, -0.2) is 9.59 Å². The molecule has 0 amide bonds. The van der Waals surface area contributed by atoms with Gasteiger partial charge >= 0.3 is 11.9 Å². The van der Waals surface area contributed by atoms with E-state index in [-0.39, 0.29) is 11.5 Å². The van der Waals surface area contributed by atoms with E-state index in [4.69, 9.17) is 4.42 Å². The van der Waals surface area contributed by atoms with Crippen molar-refractivity contribution in [1.82, 2.24) is 0 Å². The summed E-state index contributed by atoms with van der Waals surface area (Å²) in [5.41, 5.74) is -0.143. The topological polar surface area (TPSA) is 87.7 Å². The Kier molecular flexibility index (Phi) is 3.54. The van der Waals surface area contributed by atoms with Gasteiger partial charge in [0.05, 0.1) is 0 Å². The molecule has 0 aromatic carbocycles. The highest BCUT2D eigenvalue weighted by Gasteiger charge is 2.38. The number of aromatic carboxylic acids is 2. The Morgan fingerprint density at radius 2 is 1.05 bits per heavy atom. The molecule has 1 rings (SSSR count). The molecule has 5 nitrogen and oxygen atoms in total. The molecule has 0 radical (unpaired) electrons. The molecule has 2 N–H and O–H groups in total. The molecule has 19 heavy (non-hydrogen) atoms. The molecule has 106 valence electrons. The van der Waals surface area contributed by atoms with Crippen molar-refractivity contribution in [2.45, 2.75) is 52.4 Å². The lowest BCUT2D eigenvalue weighted by Crippen LogP contribution is -2.24. The van der Waals surface area contributed by atoms with E-state index in [1.807, 2.05) is 41.5 Å². The van der Waals surface area contributed by atoms with Gasteiger partial charge in [0.25, 0.3) is 0 Å². The molecule has 0 aliphatic carbocycles. The smallest absolute Gasteiger partial charge is 0.372 e. The molecule has 1 aromatic rings. The quantitative estimate of drug-likeness (QED) is 0.859. The molecule has 0 aliphatic rings. The summed E-state index contributed by atoms with van der Waals surface area (Å²) in [6.45, 7) is 11.0. The van der Waals surface area contributed by atoms with Crippen LogP contribution >= 0.6 is 0 Å².